The van der Waals surface area contributed by atoms with Crippen molar-refractivity contribution in [1.82, 2.24) is 14.2 Å². The zero-order chi connectivity index (χ0) is 18.9. The van der Waals surface area contributed by atoms with Gasteiger partial charge in [0.15, 0.2) is 0 Å². The summed E-state index contributed by atoms with van der Waals surface area (Å²) < 4.78 is 31.0. The molecule has 144 valence electrons. The second-order valence-electron chi connectivity index (χ2n) is 7.61. The number of aromatic nitrogens is 1. The molecule has 26 heavy (non-hydrogen) atoms. The molecule has 0 radical (unpaired) electrons. The third-order valence-electron chi connectivity index (χ3n) is 5.79. The third kappa shape index (κ3) is 3.77. The van der Waals surface area contributed by atoms with E-state index >= 15 is 0 Å². The van der Waals surface area contributed by atoms with Gasteiger partial charge in [0.2, 0.25) is 10.0 Å². The Balaban J connectivity index is 1.72. The quantitative estimate of drug-likeness (QED) is 0.782. The van der Waals surface area contributed by atoms with E-state index in [4.69, 9.17) is 4.74 Å². The van der Waals surface area contributed by atoms with E-state index in [9.17, 15) is 13.2 Å². The molecule has 2 saturated heterocycles. The second-order valence-corrected chi connectivity index (χ2v) is 9.60. The van der Waals surface area contributed by atoms with Gasteiger partial charge < -0.3 is 9.64 Å². The molecule has 2 aliphatic rings. The van der Waals surface area contributed by atoms with Crippen molar-refractivity contribution in [3.8, 4) is 0 Å². The van der Waals surface area contributed by atoms with E-state index in [1.54, 1.807) is 23.8 Å². The topological polar surface area (TPSA) is 79.8 Å². The fraction of sp³-hybridized carbons (Fsp3) is 0.667. The Morgan fingerprint density at radius 2 is 2.04 bits per heavy atom. The molecule has 1 atom stereocenters. The summed E-state index contributed by atoms with van der Waals surface area (Å²) in [6.45, 7) is 4.75. The Morgan fingerprint density at radius 1 is 1.35 bits per heavy atom. The number of hydrogen-bond acceptors (Lipinski definition) is 5. The Hall–Kier alpha value is -1.51. The normalized spacial score (nSPS) is 23.5. The van der Waals surface area contributed by atoms with Gasteiger partial charge in [-0.1, -0.05) is 0 Å². The van der Waals surface area contributed by atoms with E-state index in [1.807, 2.05) is 17.9 Å². The monoisotopic (exact) mass is 381 g/mol. The van der Waals surface area contributed by atoms with Crippen LogP contribution < -0.4 is 0 Å². The van der Waals surface area contributed by atoms with Crippen LogP contribution in [0, 0.1) is 18.3 Å². The highest BCUT2D eigenvalue weighted by molar-refractivity contribution is 7.88. The fourth-order valence-corrected chi connectivity index (χ4v) is 5.19. The Labute approximate surface area is 155 Å². The van der Waals surface area contributed by atoms with Crippen LogP contribution in [0.4, 0.5) is 0 Å². The predicted octanol–water partition coefficient (Wildman–Crippen LogP) is 1.15. The molecule has 1 aromatic rings. The number of methoxy groups -OCH3 is 1. The van der Waals surface area contributed by atoms with E-state index in [0.29, 0.717) is 38.3 Å². The van der Waals surface area contributed by atoms with Crippen molar-refractivity contribution < 1.29 is 17.9 Å². The highest BCUT2D eigenvalue weighted by atomic mass is 32.2. The largest absolute Gasteiger partial charge is 0.384 e. The summed E-state index contributed by atoms with van der Waals surface area (Å²) in [6, 6.07) is 1.86. The molecule has 0 saturated carbocycles. The van der Waals surface area contributed by atoms with Crippen LogP contribution in [0.5, 0.6) is 0 Å². The molecule has 0 aromatic carbocycles. The Morgan fingerprint density at radius 3 is 2.62 bits per heavy atom. The zero-order valence-electron chi connectivity index (χ0n) is 15.6. The highest BCUT2D eigenvalue weighted by Crippen LogP contribution is 2.45. The molecule has 1 aromatic heterocycles. The maximum Gasteiger partial charge on any atom is 0.255 e. The van der Waals surface area contributed by atoms with Gasteiger partial charge in [0, 0.05) is 51.6 Å². The van der Waals surface area contributed by atoms with Crippen molar-refractivity contribution in [1.29, 1.82) is 0 Å². The van der Waals surface area contributed by atoms with E-state index in [1.165, 1.54) is 6.26 Å². The van der Waals surface area contributed by atoms with Crippen LogP contribution in [-0.2, 0) is 14.8 Å². The number of likely N-dealkylation sites (tertiary alicyclic amines) is 1. The molecular formula is C18H27N3O4S. The van der Waals surface area contributed by atoms with Gasteiger partial charge in [-0.05, 0) is 36.8 Å². The minimum Gasteiger partial charge on any atom is -0.384 e. The third-order valence-corrected chi connectivity index (χ3v) is 7.00. The summed E-state index contributed by atoms with van der Waals surface area (Å²) >= 11 is 0. The van der Waals surface area contributed by atoms with Gasteiger partial charge >= 0.3 is 0 Å². The molecule has 1 spiro atoms. The molecule has 0 bridgehead atoms. The number of pyridine rings is 1. The van der Waals surface area contributed by atoms with Gasteiger partial charge in [-0.15, -0.1) is 0 Å². The van der Waals surface area contributed by atoms with Crippen LogP contribution in [0.15, 0.2) is 18.5 Å². The minimum atomic E-state index is -3.22. The molecule has 2 fully saturated rings. The Bertz CT molecular complexity index is 772. The summed E-state index contributed by atoms with van der Waals surface area (Å²) in [5.41, 5.74) is 1.46. The first-order valence-corrected chi connectivity index (χ1v) is 10.7. The molecule has 3 heterocycles. The number of sulfonamides is 1. The number of aryl methyl sites for hydroxylation is 1. The number of rotatable bonds is 4. The van der Waals surface area contributed by atoms with Crippen LogP contribution >= 0.6 is 0 Å². The number of carbonyl (C=O) groups excluding carboxylic acids is 1. The molecule has 1 amide bonds. The van der Waals surface area contributed by atoms with Crippen LogP contribution in [0.3, 0.4) is 0 Å². The van der Waals surface area contributed by atoms with Gasteiger partial charge in [0.05, 0.1) is 18.4 Å². The number of ether oxygens (including phenoxy) is 1. The summed E-state index contributed by atoms with van der Waals surface area (Å²) in [6.07, 6.45) is 6.18. The average Bonchev–Trinajstić information content (AvgIpc) is 2.94. The first-order valence-electron chi connectivity index (χ1n) is 8.90. The van der Waals surface area contributed by atoms with E-state index in [-0.39, 0.29) is 17.2 Å². The van der Waals surface area contributed by atoms with Gasteiger partial charge in [-0.2, -0.15) is 0 Å². The molecule has 2 aliphatic heterocycles. The number of piperidine rings is 1. The molecule has 7 nitrogen and oxygen atoms in total. The second kappa shape index (κ2) is 7.25. The molecule has 0 N–H and O–H groups in total. The Kier molecular flexibility index (Phi) is 5.37. The molecular weight excluding hydrogens is 354 g/mol. The van der Waals surface area contributed by atoms with Crippen LogP contribution in [0.2, 0.25) is 0 Å². The molecule has 3 rings (SSSR count). The van der Waals surface area contributed by atoms with Crippen LogP contribution in [0.1, 0.15) is 28.8 Å². The maximum atomic E-state index is 12.7. The van der Waals surface area contributed by atoms with Crippen molar-refractivity contribution in [2.75, 3.05) is 46.2 Å². The fourth-order valence-electron chi connectivity index (χ4n) is 4.24. The first-order chi connectivity index (χ1) is 12.2. The standard InChI is InChI=1S/C18H27N3O4S/c1-14-8-15(10-19-9-14)17(22)20-6-4-18(5-7-20)13-21(26(3,23)24)11-16(18)12-25-2/h8-10,16H,4-7,11-13H2,1-3H3. The summed E-state index contributed by atoms with van der Waals surface area (Å²) in [4.78, 5) is 18.7. The van der Waals surface area contributed by atoms with Crippen molar-refractivity contribution in [2.45, 2.75) is 19.8 Å². The van der Waals surface area contributed by atoms with Crippen molar-refractivity contribution >= 4 is 15.9 Å². The van der Waals surface area contributed by atoms with Gasteiger partial charge in [0.25, 0.3) is 5.91 Å². The lowest BCUT2D eigenvalue weighted by Gasteiger charge is -2.42. The van der Waals surface area contributed by atoms with Gasteiger partial charge in [-0.25, -0.2) is 12.7 Å². The predicted molar refractivity (Wildman–Crippen MR) is 98.3 cm³/mol. The van der Waals surface area contributed by atoms with Crippen molar-refractivity contribution in [3.05, 3.63) is 29.6 Å². The van der Waals surface area contributed by atoms with Crippen LogP contribution in [-0.4, -0.2) is 74.7 Å². The minimum absolute atomic E-state index is 0.00249. The lowest BCUT2D eigenvalue weighted by atomic mass is 9.71. The van der Waals surface area contributed by atoms with E-state index < -0.39 is 10.0 Å². The smallest absolute Gasteiger partial charge is 0.255 e. The molecule has 0 aliphatic carbocycles. The van der Waals surface area contributed by atoms with Gasteiger partial charge in [-0.3, -0.25) is 9.78 Å². The average molecular weight is 381 g/mol. The number of carbonyl (C=O) groups is 1. The highest BCUT2D eigenvalue weighted by Gasteiger charge is 2.50. The SMILES string of the molecule is COCC1CN(S(C)(=O)=O)CC12CCN(C(=O)c1cncc(C)c1)CC2. The van der Waals surface area contributed by atoms with E-state index in [2.05, 4.69) is 4.98 Å². The first kappa shape index (κ1) is 19.3. The van der Waals surface area contributed by atoms with Crippen LogP contribution in [0.25, 0.3) is 0 Å². The zero-order valence-corrected chi connectivity index (χ0v) is 16.5. The maximum absolute atomic E-state index is 12.7. The van der Waals surface area contributed by atoms with E-state index in [0.717, 1.165) is 18.4 Å². The van der Waals surface area contributed by atoms with Crippen molar-refractivity contribution in [2.24, 2.45) is 11.3 Å². The summed E-state index contributed by atoms with van der Waals surface area (Å²) in [7, 11) is -1.56. The summed E-state index contributed by atoms with van der Waals surface area (Å²) in [5.74, 6) is 0.164. The summed E-state index contributed by atoms with van der Waals surface area (Å²) in [5, 5.41) is 0. The lowest BCUT2D eigenvalue weighted by Crippen LogP contribution is -2.47. The number of nitrogens with zero attached hydrogens (tertiary/aromatic N) is 3. The number of amides is 1. The molecule has 8 heteroatoms. The van der Waals surface area contributed by atoms with Crippen molar-refractivity contribution in [3.63, 3.8) is 0 Å². The number of hydrogen-bond donors (Lipinski definition) is 0. The molecule has 1 unspecified atom stereocenters. The van der Waals surface area contributed by atoms with Gasteiger partial charge in [0.1, 0.15) is 0 Å². The lowest BCUT2D eigenvalue weighted by molar-refractivity contribution is 0.0327.